The Kier molecular flexibility index (Phi) is 6.22. The lowest BCUT2D eigenvalue weighted by Crippen LogP contribution is -2.45. The second kappa shape index (κ2) is 9.24. The van der Waals surface area contributed by atoms with Crippen molar-refractivity contribution in [3.05, 3.63) is 89.7 Å². The van der Waals surface area contributed by atoms with Crippen molar-refractivity contribution in [2.45, 2.75) is 19.5 Å². The number of carbonyl (C=O) groups excluding carboxylic acids is 3. The Bertz CT molecular complexity index is 1230. The summed E-state index contributed by atoms with van der Waals surface area (Å²) < 4.78 is 13.3. The minimum Gasteiger partial charge on any atom is -0.351 e. The van der Waals surface area contributed by atoms with Crippen LogP contribution in [0.4, 0.5) is 10.1 Å². The highest BCUT2D eigenvalue weighted by atomic mass is 19.1. The predicted molar refractivity (Wildman–Crippen MR) is 124 cm³/mol. The lowest BCUT2D eigenvalue weighted by atomic mass is 9.95. The van der Waals surface area contributed by atoms with Crippen LogP contribution in [-0.2, 0) is 20.9 Å². The molecule has 1 aliphatic heterocycles. The number of likely N-dealkylation sites (N-methyl/N-ethyl adjacent to an activating group) is 1. The van der Waals surface area contributed by atoms with Crippen LogP contribution in [0.3, 0.4) is 0 Å². The summed E-state index contributed by atoms with van der Waals surface area (Å²) >= 11 is 0. The van der Waals surface area contributed by atoms with Gasteiger partial charge < -0.3 is 15.5 Å². The van der Waals surface area contributed by atoms with E-state index in [4.69, 9.17) is 0 Å². The first-order chi connectivity index (χ1) is 15.9. The maximum Gasteiger partial charge on any atom is 0.253 e. The topological polar surface area (TPSA) is 78.5 Å². The van der Waals surface area contributed by atoms with Crippen LogP contribution >= 0.6 is 0 Å². The number of amides is 3. The van der Waals surface area contributed by atoms with Gasteiger partial charge in [0.25, 0.3) is 5.91 Å². The first kappa shape index (κ1) is 22.2. The third-order valence-corrected chi connectivity index (χ3v) is 5.83. The van der Waals surface area contributed by atoms with Crippen LogP contribution in [0.15, 0.2) is 72.8 Å². The second-order valence-electron chi connectivity index (χ2n) is 8.01. The molecule has 0 spiro atoms. The SMILES string of the molecule is CC(C(=O)NCc1cccc(F)c1)C(=O)NC1C(=O)N(C)c2ccccc2-c2ccccc21. The van der Waals surface area contributed by atoms with E-state index >= 15 is 0 Å². The second-order valence-corrected chi connectivity index (χ2v) is 8.01. The van der Waals surface area contributed by atoms with Crippen LogP contribution in [0, 0.1) is 11.7 Å². The van der Waals surface area contributed by atoms with Crippen LogP contribution in [0.25, 0.3) is 11.1 Å². The van der Waals surface area contributed by atoms with Crippen LogP contribution < -0.4 is 15.5 Å². The summed E-state index contributed by atoms with van der Waals surface area (Å²) in [7, 11) is 1.67. The van der Waals surface area contributed by atoms with Crippen molar-refractivity contribution in [2.75, 3.05) is 11.9 Å². The molecule has 3 amide bonds. The average molecular weight is 445 g/mol. The molecular weight excluding hydrogens is 421 g/mol. The maximum absolute atomic E-state index is 13.3. The molecule has 0 bridgehead atoms. The van der Waals surface area contributed by atoms with Gasteiger partial charge >= 0.3 is 0 Å². The summed E-state index contributed by atoms with van der Waals surface area (Å²) in [6.07, 6.45) is 0. The van der Waals surface area contributed by atoms with Crippen molar-refractivity contribution in [1.82, 2.24) is 10.6 Å². The highest BCUT2D eigenvalue weighted by Gasteiger charge is 2.34. The monoisotopic (exact) mass is 445 g/mol. The summed E-state index contributed by atoms with van der Waals surface area (Å²) in [5, 5.41) is 5.42. The van der Waals surface area contributed by atoms with Crippen molar-refractivity contribution in [1.29, 1.82) is 0 Å². The van der Waals surface area contributed by atoms with Crippen LogP contribution in [-0.4, -0.2) is 24.8 Å². The van der Waals surface area contributed by atoms with E-state index < -0.39 is 29.6 Å². The molecule has 0 aliphatic carbocycles. The van der Waals surface area contributed by atoms with Gasteiger partial charge in [0.1, 0.15) is 17.8 Å². The van der Waals surface area contributed by atoms with Gasteiger partial charge in [-0.25, -0.2) is 4.39 Å². The van der Waals surface area contributed by atoms with E-state index in [1.54, 1.807) is 19.2 Å². The summed E-state index contributed by atoms with van der Waals surface area (Å²) in [5.74, 6) is -2.83. The van der Waals surface area contributed by atoms with Gasteiger partial charge in [-0.05, 0) is 41.8 Å². The zero-order valence-electron chi connectivity index (χ0n) is 18.3. The number of rotatable bonds is 5. The number of halogens is 1. The van der Waals surface area contributed by atoms with Gasteiger partial charge in [-0.3, -0.25) is 14.4 Å². The van der Waals surface area contributed by atoms with E-state index in [2.05, 4.69) is 10.6 Å². The van der Waals surface area contributed by atoms with Gasteiger partial charge in [-0.2, -0.15) is 0 Å². The number of fused-ring (bicyclic) bond motifs is 3. The molecule has 2 atom stereocenters. The average Bonchev–Trinajstić information content (AvgIpc) is 2.92. The molecule has 2 unspecified atom stereocenters. The number of nitrogens with one attached hydrogen (secondary N) is 2. The number of hydrogen-bond donors (Lipinski definition) is 2. The number of carbonyl (C=O) groups is 3. The smallest absolute Gasteiger partial charge is 0.253 e. The van der Waals surface area contributed by atoms with E-state index in [9.17, 15) is 18.8 Å². The fraction of sp³-hybridized carbons (Fsp3) is 0.192. The van der Waals surface area contributed by atoms with Gasteiger partial charge in [-0.1, -0.05) is 54.6 Å². The van der Waals surface area contributed by atoms with Crippen molar-refractivity contribution >= 4 is 23.4 Å². The van der Waals surface area contributed by atoms with Gasteiger partial charge in [0, 0.05) is 19.2 Å². The van der Waals surface area contributed by atoms with E-state index in [-0.39, 0.29) is 12.5 Å². The Hall–Kier alpha value is -4.00. The minimum absolute atomic E-state index is 0.0947. The molecular formula is C26H24FN3O3. The zero-order chi connectivity index (χ0) is 23.5. The van der Waals surface area contributed by atoms with Crippen molar-refractivity contribution in [3.63, 3.8) is 0 Å². The number of anilines is 1. The molecule has 0 fully saturated rings. The third-order valence-electron chi connectivity index (χ3n) is 5.83. The predicted octanol–water partition coefficient (Wildman–Crippen LogP) is 3.58. The van der Waals surface area contributed by atoms with E-state index in [0.717, 1.165) is 16.8 Å². The number of benzene rings is 3. The molecule has 0 saturated heterocycles. The molecule has 0 aromatic heterocycles. The molecule has 3 aromatic carbocycles. The van der Waals surface area contributed by atoms with Crippen LogP contribution in [0.5, 0.6) is 0 Å². The number of para-hydroxylation sites is 1. The molecule has 33 heavy (non-hydrogen) atoms. The van der Waals surface area contributed by atoms with Crippen molar-refractivity contribution in [2.24, 2.45) is 5.92 Å². The molecule has 3 aromatic rings. The molecule has 168 valence electrons. The molecule has 6 nitrogen and oxygen atoms in total. The minimum atomic E-state index is -1.05. The van der Waals surface area contributed by atoms with E-state index in [0.29, 0.717) is 11.1 Å². The Balaban J connectivity index is 1.53. The van der Waals surface area contributed by atoms with Crippen LogP contribution in [0.2, 0.25) is 0 Å². The molecule has 1 heterocycles. The van der Waals surface area contributed by atoms with Gasteiger partial charge in [-0.15, -0.1) is 0 Å². The van der Waals surface area contributed by atoms with E-state index in [1.807, 2.05) is 48.5 Å². The number of nitrogens with zero attached hydrogens (tertiary/aromatic N) is 1. The van der Waals surface area contributed by atoms with Gasteiger partial charge in [0.2, 0.25) is 11.8 Å². The summed E-state index contributed by atoms with van der Waals surface area (Å²) in [4.78, 5) is 40.4. The Morgan fingerprint density at radius 1 is 0.970 bits per heavy atom. The van der Waals surface area contributed by atoms with Gasteiger partial charge in [0.05, 0.1) is 5.69 Å². The van der Waals surface area contributed by atoms with E-state index in [1.165, 1.54) is 24.0 Å². The first-order valence-corrected chi connectivity index (χ1v) is 10.6. The normalized spacial score (nSPS) is 15.7. The van der Waals surface area contributed by atoms with Gasteiger partial charge in [0.15, 0.2) is 0 Å². The zero-order valence-corrected chi connectivity index (χ0v) is 18.3. The highest BCUT2D eigenvalue weighted by molar-refractivity contribution is 6.07. The quantitative estimate of drug-likeness (QED) is 0.590. The Morgan fingerprint density at radius 2 is 1.67 bits per heavy atom. The maximum atomic E-state index is 13.3. The lowest BCUT2D eigenvalue weighted by molar-refractivity contribution is -0.136. The molecule has 4 rings (SSSR count). The van der Waals surface area contributed by atoms with Crippen molar-refractivity contribution < 1.29 is 18.8 Å². The van der Waals surface area contributed by atoms with Crippen molar-refractivity contribution in [3.8, 4) is 11.1 Å². The fourth-order valence-corrected chi connectivity index (χ4v) is 3.95. The molecule has 0 radical (unpaired) electrons. The van der Waals surface area contributed by atoms with Crippen LogP contribution in [0.1, 0.15) is 24.1 Å². The Labute approximate surface area is 191 Å². The summed E-state index contributed by atoms with van der Waals surface area (Å²) in [5.41, 5.74) is 3.73. The lowest BCUT2D eigenvalue weighted by Gasteiger charge is -2.24. The largest absolute Gasteiger partial charge is 0.351 e. The standard InChI is InChI=1S/C26H24FN3O3/c1-16(24(31)28-15-17-8-7-9-18(27)14-17)25(32)29-23-21-12-4-3-10-19(21)20-11-5-6-13-22(20)30(2)26(23)33/h3-14,16,23H,15H2,1-2H3,(H,28,31)(H,29,32). The molecule has 0 saturated carbocycles. The molecule has 7 heteroatoms. The molecule has 1 aliphatic rings. The summed E-state index contributed by atoms with van der Waals surface area (Å²) in [6.45, 7) is 1.57. The molecule has 2 N–H and O–H groups in total. The first-order valence-electron chi connectivity index (χ1n) is 10.6. The Morgan fingerprint density at radius 3 is 2.42 bits per heavy atom. The third kappa shape index (κ3) is 4.48. The summed E-state index contributed by atoms with van der Waals surface area (Å²) in [6, 6.07) is 19.9. The fourth-order valence-electron chi connectivity index (χ4n) is 3.95. The highest BCUT2D eigenvalue weighted by Crippen LogP contribution is 2.39. The number of hydrogen-bond acceptors (Lipinski definition) is 3.